The molecular weight excluding hydrogens is 260 g/mol. The quantitative estimate of drug-likeness (QED) is 0.886. The number of carbonyl (C=O) groups is 1. The first kappa shape index (κ1) is 14.2. The smallest absolute Gasteiger partial charge is 0.243 e. The standard InChI is InChI=1S/C15H21ClN2O/c16-12-7-6-8-13(11-12)18-15(14(17)19)9-4-2-1-3-5-10-15/h6-8,11,18H,1-5,9-10H2,(H2,17,19). The van der Waals surface area contributed by atoms with Crippen molar-refractivity contribution in [2.45, 2.75) is 50.5 Å². The van der Waals surface area contributed by atoms with E-state index < -0.39 is 5.54 Å². The molecule has 1 saturated carbocycles. The molecule has 1 aliphatic carbocycles. The minimum Gasteiger partial charge on any atom is -0.371 e. The summed E-state index contributed by atoms with van der Waals surface area (Å²) in [6, 6.07) is 7.46. The van der Waals surface area contributed by atoms with Gasteiger partial charge in [-0.05, 0) is 31.0 Å². The van der Waals surface area contributed by atoms with Gasteiger partial charge in [-0.15, -0.1) is 0 Å². The summed E-state index contributed by atoms with van der Waals surface area (Å²) in [4.78, 5) is 12.0. The van der Waals surface area contributed by atoms with Crippen molar-refractivity contribution >= 4 is 23.2 Å². The van der Waals surface area contributed by atoms with Gasteiger partial charge < -0.3 is 11.1 Å². The van der Waals surface area contributed by atoms with E-state index in [9.17, 15) is 4.79 Å². The monoisotopic (exact) mass is 280 g/mol. The Hall–Kier alpha value is -1.22. The van der Waals surface area contributed by atoms with Crippen molar-refractivity contribution in [3.05, 3.63) is 29.3 Å². The van der Waals surface area contributed by atoms with Crippen molar-refractivity contribution in [3.63, 3.8) is 0 Å². The minimum absolute atomic E-state index is 0.255. The van der Waals surface area contributed by atoms with Gasteiger partial charge in [-0.25, -0.2) is 0 Å². The lowest BCUT2D eigenvalue weighted by atomic mass is 9.83. The van der Waals surface area contributed by atoms with E-state index in [1.54, 1.807) is 0 Å². The third kappa shape index (κ3) is 3.63. The minimum atomic E-state index is -0.620. The van der Waals surface area contributed by atoms with Crippen LogP contribution in [0, 0.1) is 0 Å². The highest BCUT2D eigenvalue weighted by atomic mass is 35.5. The van der Waals surface area contributed by atoms with E-state index >= 15 is 0 Å². The number of anilines is 1. The maximum atomic E-state index is 12.0. The highest BCUT2D eigenvalue weighted by molar-refractivity contribution is 6.30. The highest BCUT2D eigenvalue weighted by Crippen LogP contribution is 2.30. The van der Waals surface area contributed by atoms with Crippen molar-refractivity contribution in [1.29, 1.82) is 0 Å². The molecule has 2 rings (SSSR count). The zero-order valence-electron chi connectivity index (χ0n) is 11.1. The second kappa shape index (κ2) is 6.29. The maximum absolute atomic E-state index is 12.0. The van der Waals surface area contributed by atoms with E-state index in [0.717, 1.165) is 31.4 Å². The molecule has 4 heteroatoms. The Bertz CT molecular complexity index is 440. The molecule has 19 heavy (non-hydrogen) atoms. The van der Waals surface area contributed by atoms with Crippen molar-refractivity contribution in [2.75, 3.05) is 5.32 Å². The van der Waals surface area contributed by atoms with E-state index in [1.807, 2.05) is 24.3 Å². The van der Waals surface area contributed by atoms with Crippen molar-refractivity contribution in [3.8, 4) is 0 Å². The van der Waals surface area contributed by atoms with E-state index in [1.165, 1.54) is 19.3 Å². The lowest BCUT2D eigenvalue weighted by molar-refractivity contribution is -0.123. The van der Waals surface area contributed by atoms with Crippen LogP contribution in [0.25, 0.3) is 0 Å². The Labute approximate surface area is 119 Å². The van der Waals surface area contributed by atoms with Crippen LogP contribution in [0.1, 0.15) is 44.9 Å². The Morgan fingerprint density at radius 1 is 1.16 bits per heavy atom. The maximum Gasteiger partial charge on any atom is 0.243 e. The molecule has 0 unspecified atom stereocenters. The van der Waals surface area contributed by atoms with Crippen LogP contribution in [-0.2, 0) is 4.79 Å². The second-order valence-corrected chi connectivity index (χ2v) is 5.79. The van der Waals surface area contributed by atoms with Crippen LogP contribution in [0.2, 0.25) is 5.02 Å². The number of amides is 1. The number of nitrogens with two attached hydrogens (primary N) is 1. The first-order chi connectivity index (χ1) is 9.12. The fourth-order valence-electron chi connectivity index (χ4n) is 2.78. The average molecular weight is 281 g/mol. The first-order valence-electron chi connectivity index (χ1n) is 6.96. The summed E-state index contributed by atoms with van der Waals surface area (Å²) < 4.78 is 0. The summed E-state index contributed by atoms with van der Waals surface area (Å²) >= 11 is 5.99. The van der Waals surface area contributed by atoms with Gasteiger partial charge in [-0.3, -0.25) is 4.79 Å². The molecule has 0 heterocycles. The third-order valence-corrected chi connectivity index (χ3v) is 4.12. The van der Waals surface area contributed by atoms with Gasteiger partial charge in [-0.2, -0.15) is 0 Å². The summed E-state index contributed by atoms with van der Waals surface area (Å²) in [6.07, 6.45) is 7.28. The van der Waals surface area contributed by atoms with Crippen LogP contribution in [0.3, 0.4) is 0 Å². The SMILES string of the molecule is NC(=O)C1(Nc2cccc(Cl)c2)CCCCCCC1. The summed E-state index contributed by atoms with van der Waals surface area (Å²) in [5.74, 6) is -0.255. The lowest BCUT2D eigenvalue weighted by Gasteiger charge is -2.34. The summed E-state index contributed by atoms with van der Waals surface area (Å²) in [6.45, 7) is 0. The van der Waals surface area contributed by atoms with Gasteiger partial charge >= 0.3 is 0 Å². The topological polar surface area (TPSA) is 55.1 Å². The van der Waals surface area contributed by atoms with Gasteiger partial charge in [0, 0.05) is 10.7 Å². The van der Waals surface area contributed by atoms with Crippen LogP contribution in [-0.4, -0.2) is 11.4 Å². The normalized spacial score (nSPS) is 19.2. The van der Waals surface area contributed by atoms with Crippen LogP contribution >= 0.6 is 11.6 Å². The van der Waals surface area contributed by atoms with E-state index in [2.05, 4.69) is 5.32 Å². The van der Waals surface area contributed by atoms with Gasteiger partial charge in [0.2, 0.25) is 5.91 Å². The number of rotatable bonds is 3. The predicted molar refractivity (Wildman–Crippen MR) is 79.3 cm³/mol. The highest BCUT2D eigenvalue weighted by Gasteiger charge is 2.36. The van der Waals surface area contributed by atoms with Crippen LogP contribution in [0.4, 0.5) is 5.69 Å². The molecule has 0 aromatic heterocycles. The fraction of sp³-hybridized carbons (Fsp3) is 0.533. The molecule has 1 aromatic carbocycles. The first-order valence-corrected chi connectivity index (χ1v) is 7.34. The molecule has 0 atom stereocenters. The number of halogens is 1. The zero-order chi connectivity index (χ0) is 13.7. The number of hydrogen-bond acceptors (Lipinski definition) is 2. The summed E-state index contributed by atoms with van der Waals surface area (Å²) in [7, 11) is 0. The molecule has 3 N–H and O–H groups in total. The molecule has 1 aromatic rings. The van der Waals surface area contributed by atoms with Gasteiger partial charge in [0.25, 0.3) is 0 Å². The van der Waals surface area contributed by atoms with Crippen LogP contribution in [0.15, 0.2) is 24.3 Å². The van der Waals surface area contributed by atoms with Gasteiger partial charge in [0.15, 0.2) is 0 Å². The number of primary amides is 1. The average Bonchev–Trinajstić information content (AvgIpc) is 2.32. The Balaban J connectivity index is 2.20. The van der Waals surface area contributed by atoms with Crippen molar-refractivity contribution < 1.29 is 4.79 Å². The summed E-state index contributed by atoms with van der Waals surface area (Å²) in [5.41, 5.74) is 5.92. The molecule has 3 nitrogen and oxygen atoms in total. The van der Waals surface area contributed by atoms with Crippen LogP contribution < -0.4 is 11.1 Å². The molecule has 0 spiro atoms. The van der Waals surface area contributed by atoms with Gasteiger partial charge in [0.1, 0.15) is 5.54 Å². The molecule has 0 radical (unpaired) electrons. The van der Waals surface area contributed by atoms with E-state index in [4.69, 9.17) is 17.3 Å². The fourth-order valence-corrected chi connectivity index (χ4v) is 2.97. The number of nitrogens with one attached hydrogen (secondary N) is 1. The van der Waals surface area contributed by atoms with Gasteiger partial charge in [0.05, 0.1) is 0 Å². The Morgan fingerprint density at radius 2 is 1.79 bits per heavy atom. The molecule has 0 aliphatic heterocycles. The molecular formula is C15H21ClN2O. The number of hydrogen-bond donors (Lipinski definition) is 2. The third-order valence-electron chi connectivity index (χ3n) is 3.89. The lowest BCUT2D eigenvalue weighted by Crippen LogP contribution is -2.50. The molecule has 0 bridgehead atoms. The van der Waals surface area contributed by atoms with Gasteiger partial charge in [-0.1, -0.05) is 49.8 Å². The molecule has 104 valence electrons. The number of benzene rings is 1. The number of carbonyl (C=O) groups excluding carboxylic acids is 1. The molecule has 1 aliphatic rings. The molecule has 0 saturated heterocycles. The zero-order valence-corrected chi connectivity index (χ0v) is 11.9. The molecule has 1 fully saturated rings. The second-order valence-electron chi connectivity index (χ2n) is 5.35. The predicted octanol–water partition coefficient (Wildman–Crippen LogP) is 3.72. The van der Waals surface area contributed by atoms with Crippen molar-refractivity contribution in [2.24, 2.45) is 5.73 Å². The van der Waals surface area contributed by atoms with E-state index in [-0.39, 0.29) is 5.91 Å². The Kier molecular flexibility index (Phi) is 4.70. The summed E-state index contributed by atoms with van der Waals surface area (Å²) in [5, 5.41) is 4.01. The van der Waals surface area contributed by atoms with Crippen LogP contribution in [0.5, 0.6) is 0 Å². The largest absolute Gasteiger partial charge is 0.371 e. The Morgan fingerprint density at radius 3 is 2.37 bits per heavy atom. The van der Waals surface area contributed by atoms with Crippen molar-refractivity contribution in [1.82, 2.24) is 0 Å². The molecule has 1 amide bonds. The van der Waals surface area contributed by atoms with E-state index in [0.29, 0.717) is 5.02 Å².